The van der Waals surface area contributed by atoms with Gasteiger partial charge in [-0.25, -0.2) is 0 Å². The Morgan fingerprint density at radius 3 is 2.25 bits per heavy atom. The van der Waals surface area contributed by atoms with E-state index in [2.05, 4.69) is 51.9 Å². The standard InChI is InChI=1S/C17H36N2O/c1-7-17(5,13-18-16(2,3)4)14-19(6)12-15-8-10-20-11-9-15/h15,18H,7-14H2,1-6H3. The van der Waals surface area contributed by atoms with Crippen molar-refractivity contribution in [2.24, 2.45) is 11.3 Å². The molecule has 1 saturated heterocycles. The molecule has 0 amide bonds. The summed E-state index contributed by atoms with van der Waals surface area (Å²) in [6.07, 6.45) is 3.68. The SMILES string of the molecule is CCC(C)(CNC(C)(C)C)CN(C)CC1CCOCC1. The van der Waals surface area contributed by atoms with Crippen molar-refractivity contribution in [1.82, 2.24) is 10.2 Å². The van der Waals surface area contributed by atoms with Gasteiger partial charge in [0, 0.05) is 38.4 Å². The van der Waals surface area contributed by atoms with Crippen LogP contribution in [-0.2, 0) is 4.74 Å². The highest BCUT2D eigenvalue weighted by Crippen LogP contribution is 2.24. The molecule has 0 radical (unpaired) electrons. The summed E-state index contributed by atoms with van der Waals surface area (Å²) in [7, 11) is 2.28. The van der Waals surface area contributed by atoms with Crippen molar-refractivity contribution in [3.63, 3.8) is 0 Å². The second-order valence-electron chi connectivity index (χ2n) is 8.02. The molecule has 1 aliphatic rings. The van der Waals surface area contributed by atoms with E-state index < -0.39 is 0 Å². The summed E-state index contributed by atoms with van der Waals surface area (Å²) in [6.45, 7) is 16.8. The highest BCUT2D eigenvalue weighted by molar-refractivity contribution is 4.83. The third-order valence-electron chi connectivity index (χ3n) is 4.46. The van der Waals surface area contributed by atoms with Gasteiger partial charge in [0.05, 0.1) is 0 Å². The second kappa shape index (κ2) is 7.77. The molecule has 0 spiro atoms. The molecule has 3 nitrogen and oxygen atoms in total. The smallest absolute Gasteiger partial charge is 0.0469 e. The fraction of sp³-hybridized carbons (Fsp3) is 1.00. The molecule has 0 aromatic rings. The van der Waals surface area contributed by atoms with Crippen LogP contribution in [0.2, 0.25) is 0 Å². The van der Waals surface area contributed by atoms with Gasteiger partial charge in [-0.1, -0.05) is 13.8 Å². The summed E-state index contributed by atoms with van der Waals surface area (Å²) in [5, 5.41) is 3.68. The van der Waals surface area contributed by atoms with Gasteiger partial charge in [-0.15, -0.1) is 0 Å². The monoisotopic (exact) mass is 284 g/mol. The Morgan fingerprint density at radius 1 is 1.15 bits per heavy atom. The average molecular weight is 284 g/mol. The first kappa shape index (κ1) is 17.9. The number of hydrogen-bond donors (Lipinski definition) is 1. The molecule has 0 saturated carbocycles. The first-order valence-corrected chi connectivity index (χ1v) is 8.25. The molecule has 0 bridgehead atoms. The quantitative estimate of drug-likeness (QED) is 0.777. The topological polar surface area (TPSA) is 24.5 Å². The zero-order valence-electron chi connectivity index (χ0n) is 14.6. The van der Waals surface area contributed by atoms with Gasteiger partial charge in [0.2, 0.25) is 0 Å². The van der Waals surface area contributed by atoms with Crippen LogP contribution in [-0.4, -0.2) is 50.3 Å². The van der Waals surface area contributed by atoms with E-state index in [1.54, 1.807) is 0 Å². The van der Waals surface area contributed by atoms with Crippen LogP contribution in [0.3, 0.4) is 0 Å². The molecule has 1 heterocycles. The maximum atomic E-state index is 5.45. The minimum Gasteiger partial charge on any atom is -0.381 e. The lowest BCUT2D eigenvalue weighted by Gasteiger charge is -2.37. The van der Waals surface area contributed by atoms with Crippen LogP contribution in [0.25, 0.3) is 0 Å². The van der Waals surface area contributed by atoms with Gasteiger partial charge in [-0.2, -0.15) is 0 Å². The van der Waals surface area contributed by atoms with Gasteiger partial charge >= 0.3 is 0 Å². The fourth-order valence-corrected chi connectivity index (χ4v) is 2.86. The van der Waals surface area contributed by atoms with E-state index in [0.717, 1.165) is 25.7 Å². The highest BCUT2D eigenvalue weighted by atomic mass is 16.5. The summed E-state index contributed by atoms with van der Waals surface area (Å²) in [4.78, 5) is 2.53. The highest BCUT2D eigenvalue weighted by Gasteiger charge is 2.27. The second-order valence-corrected chi connectivity index (χ2v) is 8.02. The van der Waals surface area contributed by atoms with Crippen LogP contribution in [0.15, 0.2) is 0 Å². The van der Waals surface area contributed by atoms with Crippen LogP contribution in [0.5, 0.6) is 0 Å². The van der Waals surface area contributed by atoms with Crippen LogP contribution in [0.1, 0.15) is 53.9 Å². The molecule has 0 aliphatic carbocycles. The van der Waals surface area contributed by atoms with Crippen molar-refractivity contribution in [2.45, 2.75) is 59.4 Å². The molecule has 3 heteroatoms. The van der Waals surface area contributed by atoms with Crippen molar-refractivity contribution < 1.29 is 4.74 Å². The van der Waals surface area contributed by atoms with Gasteiger partial charge in [0.15, 0.2) is 0 Å². The number of nitrogens with one attached hydrogen (secondary N) is 1. The summed E-state index contributed by atoms with van der Waals surface area (Å²) in [6, 6.07) is 0. The van der Waals surface area contributed by atoms with Crippen LogP contribution in [0, 0.1) is 11.3 Å². The Bertz CT molecular complexity index is 269. The maximum Gasteiger partial charge on any atom is 0.0469 e. The molecule has 1 N–H and O–H groups in total. The molecular formula is C17H36N2O. The summed E-state index contributed by atoms with van der Waals surface area (Å²) < 4.78 is 5.45. The lowest BCUT2D eigenvalue weighted by atomic mass is 9.85. The average Bonchev–Trinajstić information content (AvgIpc) is 2.37. The molecule has 1 fully saturated rings. The van der Waals surface area contributed by atoms with Gasteiger partial charge in [-0.05, 0) is 58.4 Å². The maximum absolute atomic E-state index is 5.45. The minimum atomic E-state index is 0.204. The normalized spacial score (nSPS) is 21.1. The Morgan fingerprint density at radius 2 is 1.75 bits per heavy atom. The largest absolute Gasteiger partial charge is 0.381 e. The van der Waals surface area contributed by atoms with E-state index in [0.29, 0.717) is 5.41 Å². The Balaban J connectivity index is 2.40. The third kappa shape index (κ3) is 7.05. The molecule has 0 aromatic carbocycles. The van der Waals surface area contributed by atoms with Crippen LogP contribution >= 0.6 is 0 Å². The molecule has 20 heavy (non-hydrogen) atoms. The Hall–Kier alpha value is -0.120. The molecule has 0 aromatic heterocycles. The van der Waals surface area contributed by atoms with Crippen molar-refractivity contribution in [2.75, 3.05) is 39.9 Å². The first-order chi connectivity index (χ1) is 9.24. The summed E-state index contributed by atoms with van der Waals surface area (Å²) >= 11 is 0. The number of nitrogens with zero attached hydrogens (tertiary/aromatic N) is 1. The van der Waals surface area contributed by atoms with E-state index in [1.807, 2.05) is 0 Å². The molecular weight excluding hydrogens is 248 g/mol. The van der Waals surface area contributed by atoms with Crippen molar-refractivity contribution >= 4 is 0 Å². The van der Waals surface area contributed by atoms with Crippen LogP contribution in [0.4, 0.5) is 0 Å². The first-order valence-electron chi connectivity index (χ1n) is 8.25. The summed E-state index contributed by atoms with van der Waals surface area (Å²) in [5.74, 6) is 0.824. The predicted octanol–water partition coefficient (Wildman–Crippen LogP) is 3.15. The van der Waals surface area contributed by atoms with E-state index in [9.17, 15) is 0 Å². The molecule has 1 unspecified atom stereocenters. The van der Waals surface area contributed by atoms with Crippen molar-refractivity contribution in [1.29, 1.82) is 0 Å². The van der Waals surface area contributed by atoms with Crippen LogP contribution < -0.4 is 5.32 Å². The predicted molar refractivity (Wildman–Crippen MR) is 87.2 cm³/mol. The van der Waals surface area contributed by atoms with E-state index in [1.165, 1.54) is 32.4 Å². The van der Waals surface area contributed by atoms with Crippen molar-refractivity contribution in [3.05, 3.63) is 0 Å². The lowest BCUT2D eigenvalue weighted by molar-refractivity contribution is 0.0495. The molecule has 1 atom stereocenters. The zero-order valence-corrected chi connectivity index (χ0v) is 14.6. The Labute approximate surface area is 126 Å². The number of hydrogen-bond acceptors (Lipinski definition) is 3. The number of ether oxygens (including phenoxy) is 1. The van der Waals surface area contributed by atoms with E-state index >= 15 is 0 Å². The molecule has 120 valence electrons. The van der Waals surface area contributed by atoms with E-state index in [4.69, 9.17) is 4.74 Å². The van der Waals surface area contributed by atoms with E-state index in [-0.39, 0.29) is 5.54 Å². The zero-order chi connectivity index (χ0) is 15.2. The fourth-order valence-electron chi connectivity index (χ4n) is 2.86. The van der Waals surface area contributed by atoms with Gasteiger partial charge in [-0.3, -0.25) is 0 Å². The minimum absolute atomic E-state index is 0.204. The van der Waals surface area contributed by atoms with Gasteiger partial charge in [0.25, 0.3) is 0 Å². The molecule has 1 aliphatic heterocycles. The lowest BCUT2D eigenvalue weighted by Crippen LogP contribution is -2.47. The summed E-state index contributed by atoms with van der Waals surface area (Å²) in [5.41, 5.74) is 0.558. The molecule has 1 rings (SSSR count). The Kier molecular flexibility index (Phi) is 6.96. The van der Waals surface area contributed by atoms with Gasteiger partial charge < -0.3 is 15.0 Å². The third-order valence-corrected chi connectivity index (χ3v) is 4.46. The van der Waals surface area contributed by atoms with Crippen molar-refractivity contribution in [3.8, 4) is 0 Å². The van der Waals surface area contributed by atoms with Gasteiger partial charge in [0.1, 0.15) is 0 Å². The number of rotatable bonds is 7.